The predicted molar refractivity (Wildman–Crippen MR) is 74.2 cm³/mol. The Kier molecular flexibility index (Phi) is 13.9. The van der Waals surface area contributed by atoms with Gasteiger partial charge in [0, 0.05) is 20.3 Å². The second-order valence-corrected chi connectivity index (χ2v) is 4.68. The van der Waals surface area contributed by atoms with Crippen molar-refractivity contribution in [2.45, 2.75) is 70.8 Å². The molecule has 0 fully saturated rings. The molecule has 0 heterocycles. The van der Waals surface area contributed by atoms with Crippen LogP contribution in [0, 0.1) is 6.92 Å². The molecule has 103 valence electrons. The van der Waals surface area contributed by atoms with Gasteiger partial charge >= 0.3 is 0 Å². The predicted octanol–water partition coefficient (Wildman–Crippen LogP) is 4.38. The van der Waals surface area contributed by atoms with Crippen molar-refractivity contribution in [3.05, 3.63) is 6.92 Å². The van der Waals surface area contributed by atoms with Crippen molar-refractivity contribution in [2.75, 3.05) is 20.3 Å². The van der Waals surface area contributed by atoms with Gasteiger partial charge in [0.05, 0.1) is 6.10 Å². The Labute approximate surface area is 108 Å². The summed E-state index contributed by atoms with van der Waals surface area (Å²) in [7, 11) is 1.77. The van der Waals surface area contributed by atoms with Gasteiger partial charge in [0.2, 0.25) is 0 Å². The third-order valence-electron chi connectivity index (χ3n) is 3.00. The van der Waals surface area contributed by atoms with Crippen molar-refractivity contribution < 1.29 is 9.47 Å². The van der Waals surface area contributed by atoms with Gasteiger partial charge in [-0.1, -0.05) is 46.0 Å². The van der Waals surface area contributed by atoms with E-state index in [-0.39, 0.29) is 0 Å². The second kappa shape index (κ2) is 14.0. The minimum Gasteiger partial charge on any atom is -0.385 e. The molecule has 1 atom stereocenters. The standard InChI is InChI=1S/C15H31O2/c1-4-6-11-15(17-14-7-5-2)12-9-8-10-13-16-3/h15H,1,4-14H2,2-3H3. The molecule has 0 aliphatic rings. The molecule has 0 aliphatic carbocycles. The molecule has 17 heavy (non-hydrogen) atoms. The molecule has 0 amide bonds. The highest BCUT2D eigenvalue weighted by molar-refractivity contribution is 4.60. The van der Waals surface area contributed by atoms with E-state index >= 15 is 0 Å². The normalized spacial score (nSPS) is 12.9. The molecule has 0 bridgehead atoms. The number of rotatable bonds is 13. The monoisotopic (exact) mass is 243 g/mol. The van der Waals surface area contributed by atoms with E-state index in [1.807, 2.05) is 0 Å². The lowest BCUT2D eigenvalue weighted by molar-refractivity contribution is 0.0367. The quantitative estimate of drug-likeness (QED) is 0.447. The molecule has 0 aromatic carbocycles. The van der Waals surface area contributed by atoms with Crippen molar-refractivity contribution in [2.24, 2.45) is 0 Å². The molecule has 2 nitrogen and oxygen atoms in total. The lowest BCUT2D eigenvalue weighted by Crippen LogP contribution is -2.14. The molecule has 1 unspecified atom stereocenters. The summed E-state index contributed by atoms with van der Waals surface area (Å²) in [6.45, 7) is 7.93. The smallest absolute Gasteiger partial charge is 0.0575 e. The van der Waals surface area contributed by atoms with Gasteiger partial charge in [-0.15, -0.1) is 0 Å². The summed E-state index contributed by atoms with van der Waals surface area (Å²) < 4.78 is 11.0. The fourth-order valence-corrected chi connectivity index (χ4v) is 1.87. The Morgan fingerprint density at radius 3 is 2.35 bits per heavy atom. The van der Waals surface area contributed by atoms with E-state index in [1.54, 1.807) is 7.11 Å². The van der Waals surface area contributed by atoms with Crippen LogP contribution in [0.25, 0.3) is 0 Å². The molecule has 0 aliphatic heterocycles. The number of unbranched alkanes of at least 4 members (excludes halogenated alkanes) is 4. The first-order valence-corrected chi connectivity index (χ1v) is 7.24. The molecule has 2 heteroatoms. The van der Waals surface area contributed by atoms with E-state index in [9.17, 15) is 0 Å². The Morgan fingerprint density at radius 1 is 0.941 bits per heavy atom. The van der Waals surface area contributed by atoms with Gasteiger partial charge in [0.25, 0.3) is 0 Å². The van der Waals surface area contributed by atoms with E-state index in [0.717, 1.165) is 19.6 Å². The molecule has 0 aromatic rings. The third-order valence-corrected chi connectivity index (χ3v) is 3.00. The van der Waals surface area contributed by atoms with E-state index < -0.39 is 0 Å². The van der Waals surface area contributed by atoms with Gasteiger partial charge in [-0.25, -0.2) is 0 Å². The zero-order valence-electron chi connectivity index (χ0n) is 11.9. The van der Waals surface area contributed by atoms with Crippen LogP contribution < -0.4 is 0 Å². The lowest BCUT2D eigenvalue weighted by atomic mass is 10.1. The fraction of sp³-hybridized carbons (Fsp3) is 0.933. The minimum atomic E-state index is 0.464. The zero-order valence-corrected chi connectivity index (χ0v) is 11.9. The number of methoxy groups -OCH3 is 1. The number of ether oxygens (including phenoxy) is 2. The van der Waals surface area contributed by atoms with Gasteiger partial charge in [0.1, 0.15) is 0 Å². The largest absolute Gasteiger partial charge is 0.385 e. The molecule has 0 aromatic heterocycles. The Morgan fingerprint density at radius 2 is 1.71 bits per heavy atom. The van der Waals surface area contributed by atoms with Gasteiger partial charge in [-0.3, -0.25) is 0 Å². The molecule has 0 rings (SSSR count). The summed E-state index contributed by atoms with van der Waals surface area (Å²) in [4.78, 5) is 0. The highest BCUT2D eigenvalue weighted by atomic mass is 16.5. The van der Waals surface area contributed by atoms with E-state index in [0.29, 0.717) is 6.10 Å². The van der Waals surface area contributed by atoms with Crippen molar-refractivity contribution in [3.63, 3.8) is 0 Å². The Bertz CT molecular complexity index is 137. The SMILES string of the molecule is [CH2]CCCC(CCCCCOC)OCCCC. The van der Waals surface area contributed by atoms with Crippen LogP contribution in [0.4, 0.5) is 0 Å². The minimum absolute atomic E-state index is 0.464. The molecular weight excluding hydrogens is 212 g/mol. The first-order valence-electron chi connectivity index (χ1n) is 7.24. The topological polar surface area (TPSA) is 18.5 Å². The fourth-order valence-electron chi connectivity index (χ4n) is 1.87. The van der Waals surface area contributed by atoms with Crippen LogP contribution in [-0.4, -0.2) is 26.4 Å². The van der Waals surface area contributed by atoms with Crippen molar-refractivity contribution in [3.8, 4) is 0 Å². The van der Waals surface area contributed by atoms with Crippen LogP contribution in [0.2, 0.25) is 0 Å². The van der Waals surface area contributed by atoms with Crippen LogP contribution >= 0.6 is 0 Å². The molecule has 0 saturated carbocycles. The van der Waals surface area contributed by atoms with Gasteiger partial charge in [-0.05, 0) is 25.7 Å². The Hall–Kier alpha value is -0.0800. The van der Waals surface area contributed by atoms with Crippen LogP contribution in [0.15, 0.2) is 0 Å². The zero-order chi connectivity index (χ0) is 12.8. The summed E-state index contributed by atoms with van der Waals surface area (Å²) in [5.74, 6) is 0. The van der Waals surface area contributed by atoms with Gasteiger partial charge in [0.15, 0.2) is 0 Å². The maximum Gasteiger partial charge on any atom is 0.0575 e. The summed E-state index contributed by atoms with van der Waals surface area (Å²) in [5.41, 5.74) is 0. The number of hydrogen-bond donors (Lipinski definition) is 0. The van der Waals surface area contributed by atoms with E-state index in [1.165, 1.54) is 51.4 Å². The van der Waals surface area contributed by atoms with Crippen LogP contribution in [0.1, 0.15) is 64.7 Å². The Balaban J connectivity index is 3.53. The van der Waals surface area contributed by atoms with E-state index in [4.69, 9.17) is 9.47 Å². The van der Waals surface area contributed by atoms with Crippen molar-refractivity contribution in [1.29, 1.82) is 0 Å². The molecule has 1 radical (unpaired) electrons. The molecule has 0 spiro atoms. The second-order valence-electron chi connectivity index (χ2n) is 4.68. The summed E-state index contributed by atoms with van der Waals surface area (Å²) in [6, 6.07) is 0. The summed E-state index contributed by atoms with van der Waals surface area (Å²) in [6.07, 6.45) is 11.2. The maximum atomic E-state index is 5.93. The average molecular weight is 243 g/mol. The van der Waals surface area contributed by atoms with Crippen LogP contribution in [-0.2, 0) is 9.47 Å². The van der Waals surface area contributed by atoms with Crippen molar-refractivity contribution in [1.82, 2.24) is 0 Å². The number of hydrogen-bond acceptors (Lipinski definition) is 2. The average Bonchev–Trinajstić information content (AvgIpc) is 2.35. The highest BCUT2D eigenvalue weighted by Gasteiger charge is 2.07. The van der Waals surface area contributed by atoms with E-state index in [2.05, 4.69) is 13.8 Å². The molecule has 0 N–H and O–H groups in total. The highest BCUT2D eigenvalue weighted by Crippen LogP contribution is 2.14. The van der Waals surface area contributed by atoms with Crippen LogP contribution in [0.5, 0.6) is 0 Å². The van der Waals surface area contributed by atoms with Crippen LogP contribution in [0.3, 0.4) is 0 Å². The first kappa shape index (κ1) is 16.9. The van der Waals surface area contributed by atoms with Gasteiger partial charge < -0.3 is 9.47 Å². The lowest BCUT2D eigenvalue weighted by Gasteiger charge is -2.17. The maximum absolute atomic E-state index is 5.93. The third kappa shape index (κ3) is 12.2. The first-order chi connectivity index (χ1) is 8.35. The van der Waals surface area contributed by atoms with Gasteiger partial charge in [-0.2, -0.15) is 0 Å². The molecular formula is C15H31O2. The summed E-state index contributed by atoms with van der Waals surface area (Å²) in [5, 5.41) is 0. The molecule has 0 saturated heterocycles. The summed E-state index contributed by atoms with van der Waals surface area (Å²) >= 11 is 0. The van der Waals surface area contributed by atoms with Crippen molar-refractivity contribution >= 4 is 0 Å².